The summed E-state index contributed by atoms with van der Waals surface area (Å²) < 4.78 is 1.74. The molecule has 4 rings (SSSR count). The summed E-state index contributed by atoms with van der Waals surface area (Å²) in [4.78, 5) is 21.5. The predicted octanol–water partition coefficient (Wildman–Crippen LogP) is 1.80. The molecular formula is C17H19N9O. The van der Waals surface area contributed by atoms with E-state index in [1.807, 2.05) is 44.4 Å². The molecule has 2 unspecified atom stereocenters. The number of amides is 1. The van der Waals surface area contributed by atoms with Gasteiger partial charge in [-0.25, -0.2) is 15.0 Å². The second-order valence-corrected chi connectivity index (χ2v) is 6.39. The number of rotatable bonds is 5. The Bertz CT molecular complexity index is 944. The average molecular weight is 365 g/mol. The summed E-state index contributed by atoms with van der Waals surface area (Å²) in [5.41, 5.74) is 2.68. The van der Waals surface area contributed by atoms with Gasteiger partial charge in [-0.1, -0.05) is 11.3 Å². The number of hydrogen-bond donors (Lipinski definition) is 1. The molecule has 1 amide bonds. The van der Waals surface area contributed by atoms with Crippen molar-refractivity contribution in [2.75, 3.05) is 12.4 Å². The minimum atomic E-state index is -0.253. The van der Waals surface area contributed by atoms with Crippen molar-refractivity contribution in [3.05, 3.63) is 48.1 Å². The molecule has 0 spiro atoms. The molecule has 0 fully saturated rings. The van der Waals surface area contributed by atoms with Crippen LogP contribution < -0.4 is 5.32 Å². The van der Waals surface area contributed by atoms with Crippen LogP contribution in [0.2, 0.25) is 0 Å². The number of amidine groups is 1. The van der Waals surface area contributed by atoms with E-state index in [9.17, 15) is 4.79 Å². The zero-order valence-electron chi connectivity index (χ0n) is 15.2. The van der Waals surface area contributed by atoms with E-state index >= 15 is 0 Å². The zero-order valence-corrected chi connectivity index (χ0v) is 15.2. The lowest BCUT2D eigenvalue weighted by Crippen LogP contribution is -2.40. The molecule has 2 aliphatic heterocycles. The van der Waals surface area contributed by atoms with Crippen LogP contribution in [0.15, 0.2) is 52.3 Å². The minimum Gasteiger partial charge on any atom is -0.349 e. The zero-order chi connectivity index (χ0) is 19.0. The monoisotopic (exact) mass is 365 g/mol. The van der Waals surface area contributed by atoms with Crippen molar-refractivity contribution >= 4 is 23.8 Å². The third-order valence-electron chi connectivity index (χ3n) is 4.51. The van der Waals surface area contributed by atoms with Crippen LogP contribution in [-0.2, 0) is 11.8 Å². The highest BCUT2D eigenvalue weighted by molar-refractivity contribution is 5.94. The van der Waals surface area contributed by atoms with E-state index in [1.165, 1.54) is 0 Å². The van der Waals surface area contributed by atoms with Gasteiger partial charge in [0.25, 0.3) is 0 Å². The molecular weight excluding hydrogens is 346 g/mol. The van der Waals surface area contributed by atoms with Gasteiger partial charge >= 0.3 is 0 Å². The van der Waals surface area contributed by atoms with Crippen molar-refractivity contribution in [2.45, 2.75) is 19.1 Å². The van der Waals surface area contributed by atoms with Crippen molar-refractivity contribution in [1.29, 1.82) is 0 Å². The molecule has 2 atom stereocenters. The number of nitrogens with zero attached hydrogens (tertiary/aromatic N) is 8. The lowest BCUT2D eigenvalue weighted by atomic mass is 10.1. The second kappa shape index (κ2) is 6.63. The maximum absolute atomic E-state index is 10.5. The number of aromatic nitrogens is 3. The van der Waals surface area contributed by atoms with Crippen LogP contribution in [0.5, 0.6) is 0 Å². The average Bonchev–Trinajstić information content (AvgIpc) is 3.28. The van der Waals surface area contributed by atoms with E-state index < -0.39 is 0 Å². The predicted molar refractivity (Wildman–Crippen MR) is 99.2 cm³/mol. The van der Waals surface area contributed by atoms with E-state index in [0.29, 0.717) is 12.2 Å². The minimum absolute atomic E-state index is 0.114. The standard InChI is InChI=1S/C17H19N9O/c1-11(12-4-5-15(18-6-12)19-10-27)26-16-17(22-23-26)24(2)9-14(21-16)13-7-20-25(3)8-13/h4-11,17H,1-3H3,(H,18,19,27). The van der Waals surface area contributed by atoms with Gasteiger partial charge in [-0.05, 0) is 18.6 Å². The highest BCUT2D eigenvalue weighted by atomic mass is 16.1. The fourth-order valence-electron chi connectivity index (χ4n) is 3.02. The fraction of sp³-hybridized carbons (Fsp3) is 0.294. The van der Waals surface area contributed by atoms with Gasteiger partial charge < -0.3 is 10.2 Å². The Morgan fingerprint density at radius 1 is 1.26 bits per heavy atom. The summed E-state index contributed by atoms with van der Waals surface area (Å²) in [6.07, 6.45) is 7.71. The SMILES string of the molecule is CC(c1ccc(NC=O)nc1)N1N=NC2C1=NC(c1cnn(C)c1)=CN2C. The lowest BCUT2D eigenvalue weighted by molar-refractivity contribution is -0.105. The molecule has 0 aliphatic carbocycles. The molecule has 10 heteroatoms. The van der Waals surface area contributed by atoms with Crippen LogP contribution in [-0.4, -0.2) is 50.1 Å². The summed E-state index contributed by atoms with van der Waals surface area (Å²) in [6, 6.07) is 3.54. The molecule has 2 aliphatic rings. The Labute approximate surface area is 155 Å². The van der Waals surface area contributed by atoms with Gasteiger partial charge in [0.2, 0.25) is 12.6 Å². The van der Waals surface area contributed by atoms with Crippen LogP contribution in [0.1, 0.15) is 24.1 Å². The number of carbonyl (C=O) groups excluding carboxylic acids is 1. The highest BCUT2D eigenvalue weighted by Gasteiger charge is 2.36. The molecule has 4 heterocycles. The number of hydrogen-bond acceptors (Lipinski definition) is 8. The quantitative estimate of drug-likeness (QED) is 0.814. The normalized spacial score (nSPS) is 19.4. The van der Waals surface area contributed by atoms with E-state index in [1.54, 1.807) is 28.2 Å². The number of pyridine rings is 1. The number of nitrogens with one attached hydrogen (secondary N) is 1. The number of aliphatic imine (C=N–C) groups is 1. The van der Waals surface area contributed by atoms with E-state index in [-0.39, 0.29) is 12.2 Å². The third-order valence-corrected chi connectivity index (χ3v) is 4.51. The number of aryl methyl sites for hydroxylation is 1. The first-order valence-electron chi connectivity index (χ1n) is 8.44. The molecule has 0 bridgehead atoms. The molecule has 10 nitrogen and oxygen atoms in total. The molecule has 2 aromatic rings. The van der Waals surface area contributed by atoms with Crippen LogP contribution >= 0.6 is 0 Å². The summed E-state index contributed by atoms with van der Waals surface area (Å²) in [7, 11) is 3.82. The van der Waals surface area contributed by atoms with E-state index in [4.69, 9.17) is 4.99 Å². The molecule has 0 aromatic carbocycles. The fourth-order valence-corrected chi connectivity index (χ4v) is 3.02. The Hall–Kier alpha value is -3.56. The molecule has 1 N–H and O–H groups in total. The van der Waals surface area contributed by atoms with Gasteiger partial charge in [0.1, 0.15) is 5.82 Å². The largest absolute Gasteiger partial charge is 0.349 e. The topological polar surface area (TPSA) is 103 Å². The summed E-state index contributed by atoms with van der Waals surface area (Å²) in [6.45, 7) is 2.01. The van der Waals surface area contributed by atoms with Gasteiger partial charge in [-0.3, -0.25) is 9.48 Å². The smallest absolute Gasteiger partial charge is 0.212 e. The Morgan fingerprint density at radius 3 is 2.78 bits per heavy atom. The maximum atomic E-state index is 10.5. The first kappa shape index (κ1) is 16.9. The van der Waals surface area contributed by atoms with Gasteiger partial charge in [0.15, 0.2) is 5.84 Å². The van der Waals surface area contributed by atoms with Crippen molar-refractivity contribution in [2.24, 2.45) is 22.4 Å². The molecule has 0 saturated carbocycles. The van der Waals surface area contributed by atoms with Gasteiger partial charge in [-0.15, -0.1) is 5.11 Å². The van der Waals surface area contributed by atoms with Crippen molar-refractivity contribution in [3.63, 3.8) is 0 Å². The number of anilines is 1. The van der Waals surface area contributed by atoms with Crippen molar-refractivity contribution < 1.29 is 4.79 Å². The molecule has 0 radical (unpaired) electrons. The molecule has 27 heavy (non-hydrogen) atoms. The number of likely N-dealkylation sites (N-methyl/N-ethyl adjacent to an activating group) is 1. The molecule has 138 valence electrons. The van der Waals surface area contributed by atoms with Crippen LogP contribution in [0.3, 0.4) is 0 Å². The Balaban J connectivity index is 1.62. The number of carbonyl (C=O) groups is 1. The lowest BCUT2D eigenvalue weighted by Gasteiger charge is -2.29. The maximum Gasteiger partial charge on any atom is 0.212 e. The Kier molecular flexibility index (Phi) is 4.15. The van der Waals surface area contributed by atoms with Crippen LogP contribution in [0, 0.1) is 0 Å². The third kappa shape index (κ3) is 3.05. The van der Waals surface area contributed by atoms with Crippen LogP contribution in [0.4, 0.5) is 5.82 Å². The van der Waals surface area contributed by atoms with Crippen LogP contribution in [0.25, 0.3) is 5.70 Å². The van der Waals surface area contributed by atoms with Gasteiger partial charge in [0, 0.05) is 38.3 Å². The first-order chi connectivity index (χ1) is 13.1. The molecule has 0 saturated heterocycles. The van der Waals surface area contributed by atoms with Crippen molar-refractivity contribution in [1.82, 2.24) is 24.7 Å². The summed E-state index contributed by atoms with van der Waals surface area (Å²) in [5, 5.41) is 17.2. The van der Waals surface area contributed by atoms with Gasteiger partial charge in [-0.2, -0.15) is 5.10 Å². The summed E-state index contributed by atoms with van der Waals surface area (Å²) >= 11 is 0. The first-order valence-corrected chi connectivity index (χ1v) is 8.44. The van der Waals surface area contributed by atoms with Crippen molar-refractivity contribution in [3.8, 4) is 0 Å². The highest BCUT2D eigenvalue weighted by Crippen LogP contribution is 2.32. The summed E-state index contributed by atoms with van der Waals surface area (Å²) in [5.74, 6) is 1.25. The Morgan fingerprint density at radius 2 is 2.11 bits per heavy atom. The van der Waals surface area contributed by atoms with Gasteiger partial charge in [0.05, 0.1) is 17.9 Å². The number of fused-ring (bicyclic) bond motifs is 1. The second-order valence-electron chi connectivity index (χ2n) is 6.39. The van der Waals surface area contributed by atoms with E-state index in [0.717, 1.165) is 22.7 Å². The molecule has 2 aromatic heterocycles. The van der Waals surface area contributed by atoms with E-state index in [2.05, 4.69) is 25.7 Å².